The Morgan fingerprint density at radius 2 is 1.53 bits per heavy atom. The van der Waals surface area contributed by atoms with E-state index < -0.39 is 35.2 Å². The fraction of sp³-hybridized carbons (Fsp3) is 0.452. The number of nitrogens with one attached hydrogen (secondary N) is 2. The van der Waals surface area contributed by atoms with Gasteiger partial charge >= 0.3 is 6.09 Å². The van der Waals surface area contributed by atoms with E-state index in [1.807, 2.05) is 65.0 Å². The molecule has 0 fully saturated rings. The zero-order valence-electron chi connectivity index (χ0n) is 23.8. The van der Waals surface area contributed by atoms with Crippen LogP contribution >= 0.6 is 0 Å². The second kappa shape index (κ2) is 12.6. The Morgan fingerprint density at radius 3 is 2.05 bits per heavy atom. The van der Waals surface area contributed by atoms with E-state index in [0.29, 0.717) is 11.1 Å². The zero-order valence-corrected chi connectivity index (χ0v) is 23.8. The average molecular weight is 520 g/mol. The lowest BCUT2D eigenvalue weighted by Gasteiger charge is -2.43. The molecule has 2 atom stereocenters. The maximum absolute atomic E-state index is 14.2. The lowest BCUT2D eigenvalue weighted by atomic mass is 9.91. The van der Waals surface area contributed by atoms with Crippen molar-refractivity contribution in [1.29, 1.82) is 0 Å². The number of benzene rings is 2. The van der Waals surface area contributed by atoms with Crippen LogP contribution in [0.25, 0.3) is 0 Å². The molecule has 204 valence electrons. The van der Waals surface area contributed by atoms with Crippen molar-refractivity contribution in [2.45, 2.75) is 85.2 Å². The van der Waals surface area contributed by atoms with Gasteiger partial charge in [-0.2, -0.15) is 0 Å². The summed E-state index contributed by atoms with van der Waals surface area (Å²) in [6.45, 7) is 14.8. The minimum absolute atomic E-state index is 0.282. The largest absolute Gasteiger partial charge is 0.444 e. The van der Waals surface area contributed by atoms with Crippen molar-refractivity contribution in [3.8, 4) is 12.3 Å². The molecule has 38 heavy (non-hydrogen) atoms. The molecule has 2 rings (SSSR count). The molecule has 0 saturated carbocycles. The molecule has 2 aromatic rings. The molecule has 0 spiro atoms. The van der Waals surface area contributed by atoms with Gasteiger partial charge in [-0.1, -0.05) is 68.3 Å². The standard InChI is InChI=1S/C31H41N3O4/c1-10-23-18-14-15-19-24(23)26(27(35)32-20-22-16-12-11-13-17-22)34(30(4,5)6)28(36)25(21(2)3)33-29(37)38-31(7,8)9/h1,11-19,21,25-26H,20H2,2-9H3,(H,32,35)(H,33,37). The normalized spacial score (nSPS) is 13.2. The van der Waals surface area contributed by atoms with Crippen LogP contribution in [-0.4, -0.2) is 40.0 Å². The summed E-state index contributed by atoms with van der Waals surface area (Å²) < 4.78 is 5.42. The molecule has 0 saturated heterocycles. The van der Waals surface area contributed by atoms with Crippen LogP contribution in [-0.2, 0) is 20.9 Å². The van der Waals surface area contributed by atoms with Crippen molar-refractivity contribution in [2.24, 2.45) is 5.92 Å². The van der Waals surface area contributed by atoms with Crippen molar-refractivity contribution in [1.82, 2.24) is 15.5 Å². The van der Waals surface area contributed by atoms with Gasteiger partial charge in [-0.3, -0.25) is 9.59 Å². The minimum Gasteiger partial charge on any atom is -0.444 e. The maximum Gasteiger partial charge on any atom is 0.408 e. The van der Waals surface area contributed by atoms with Crippen molar-refractivity contribution in [3.05, 3.63) is 71.3 Å². The molecule has 0 aromatic heterocycles. The smallest absolute Gasteiger partial charge is 0.408 e. The molecule has 2 unspecified atom stereocenters. The Hall–Kier alpha value is -3.79. The fourth-order valence-corrected chi connectivity index (χ4v) is 4.09. The van der Waals surface area contributed by atoms with E-state index >= 15 is 0 Å². The fourth-order valence-electron chi connectivity index (χ4n) is 4.09. The summed E-state index contributed by atoms with van der Waals surface area (Å²) in [4.78, 5) is 42.3. The first kappa shape index (κ1) is 30.4. The highest BCUT2D eigenvalue weighted by Crippen LogP contribution is 2.32. The van der Waals surface area contributed by atoms with Gasteiger partial charge in [0.2, 0.25) is 11.8 Å². The van der Waals surface area contributed by atoms with Gasteiger partial charge in [0.1, 0.15) is 17.7 Å². The van der Waals surface area contributed by atoms with Gasteiger partial charge in [-0.15, -0.1) is 6.42 Å². The van der Waals surface area contributed by atoms with Gasteiger partial charge in [0.25, 0.3) is 0 Å². The number of carbonyl (C=O) groups is 3. The summed E-state index contributed by atoms with van der Waals surface area (Å²) in [6.07, 6.45) is 5.11. The van der Waals surface area contributed by atoms with Crippen molar-refractivity contribution >= 4 is 17.9 Å². The number of alkyl carbamates (subject to hydrolysis) is 1. The first-order chi connectivity index (χ1) is 17.7. The number of amides is 3. The number of hydrogen-bond donors (Lipinski definition) is 2. The van der Waals surface area contributed by atoms with E-state index in [1.54, 1.807) is 45.0 Å². The third-order valence-electron chi connectivity index (χ3n) is 5.79. The molecule has 0 aliphatic heterocycles. The molecule has 0 bridgehead atoms. The Balaban J connectivity index is 2.57. The van der Waals surface area contributed by atoms with E-state index in [4.69, 9.17) is 11.2 Å². The summed E-state index contributed by atoms with van der Waals surface area (Å²) in [5.41, 5.74) is 0.421. The summed E-state index contributed by atoms with van der Waals surface area (Å²) in [5, 5.41) is 5.72. The topological polar surface area (TPSA) is 87.7 Å². The van der Waals surface area contributed by atoms with Crippen molar-refractivity contribution < 1.29 is 19.1 Å². The van der Waals surface area contributed by atoms with Crippen molar-refractivity contribution in [2.75, 3.05) is 0 Å². The van der Waals surface area contributed by atoms with E-state index in [2.05, 4.69) is 16.6 Å². The van der Waals surface area contributed by atoms with Gasteiger partial charge in [-0.05, 0) is 64.7 Å². The van der Waals surface area contributed by atoms with E-state index in [9.17, 15) is 14.4 Å². The quantitative estimate of drug-likeness (QED) is 0.469. The molecule has 7 heteroatoms. The summed E-state index contributed by atoms with van der Waals surface area (Å²) >= 11 is 0. The second-order valence-electron chi connectivity index (χ2n) is 11.6. The Kier molecular flexibility index (Phi) is 10.1. The summed E-state index contributed by atoms with van der Waals surface area (Å²) in [6, 6.07) is 14.6. The van der Waals surface area contributed by atoms with E-state index in [0.717, 1.165) is 5.56 Å². The van der Waals surface area contributed by atoms with Gasteiger partial charge < -0.3 is 20.3 Å². The average Bonchev–Trinajstić information content (AvgIpc) is 2.82. The van der Waals surface area contributed by atoms with Crippen LogP contribution < -0.4 is 10.6 Å². The SMILES string of the molecule is C#Cc1ccccc1C(C(=O)NCc1ccccc1)N(C(=O)C(NC(=O)OC(C)(C)C)C(C)C)C(C)(C)C. The highest BCUT2D eigenvalue weighted by atomic mass is 16.6. The van der Waals surface area contributed by atoms with Crippen LogP contribution in [0.15, 0.2) is 54.6 Å². The van der Waals surface area contributed by atoms with Gasteiger partial charge in [0, 0.05) is 17.6 Å². The van der Waals surface area contributed by atoms with Crippen LogP contribution in [0.2, 0.25) is 0 Å². The van der Waals surface area contributed by atoms with Crippen LogP contribution in [0.5, 0.6) is 0 Å². The zero-order chi connectivity index (χ0) is 28.7. The molecule has 0 aliphatic carbocycles. The predicted molar refractivity (Wildman–Crippen MR) is 150 cm³/mol. The second-order valence-corrected chi connectivity index (χ2v) is 11.6. The van der Waals surface area contributed by atoms with Crippen LogP contribution in [0.1, 0.15) is 78.1 Å². The third-order valence-corrected chi connectivity index (χ3v) is 5.79. The molecule has 7 nitrogen and oxygen atoms in total. The number of terminal acetylenes is 1. The minimum atomic E-state index is -1.04. The molecule has 0 heterocycles. The van der Waals surface area contributed by atoms with Gasteiger partial charge in [0.05, 0.1) is 0 Å². The Morgan fingerprint density at radius 1 is 0.947 bits per heavy atom. The molecule has 0 aliphatic rings. The number of carbonyl (C=O) groups excluding carboxylic acids is 3. The summed E-state index contributed by atoms with van der Waals surface area (Å²) in [7, 11) is 0. The van der Waals surface area contributed by atoms with Gasteiger partial charge in [-0.25, -0.2) is 4.79 Å². The van der Waals surface area contributed by atoms with Gasteiger partial charge in [0.15, 0.2) is 0 Å². The Bertz CT molecular complexity index is 1150. The van der Waals surface area contributed by atoms with Crippen molar-refractivity contribution in [3.63, 3.8) is 0 Å². The molecule has 2 aromatic carbocycles. The monoisotopic (exact) mass is 519 g/mol. The molecule has 2 N–H and O–H groups in total. The highest BCUT2D eigenvalue weighted by molar-refractivity contribution is 5.93. The summed E-state index contributed by atoms with van der Waals surface area (Å²) in [5.74, 6) is 1.58. The Labute approximate surface area is 227 Å². The molecule has 3 amide bonds. The highest BCUT2D eigenvalue weighted by Gasteiger charge is 2.43. The first-order valence-corrected chi connectivity index (χ1v) is 12.9. The van der Waals surface area contributed by atoms with Crippen LogP contribution in [0.3, 0.4) is 0 Å². The molecular weight excluding hydrogens is 478 g/mol. The number of nitrogens with zero attached hydrogens (tertiary/aromatic N) is 1. The van der Waals surface area contributed by atoms with E-state index in [1.165, 1.54) is 4.90 Å². The first-order valence-electron chi connectivity index (χ1n) is 12.9. The maximum atomic E-state index is 14.2. The molecular formula is C31H41N3O4. The molecule has 0 radical (unpaired) electrons. The number of hydrogen-bond acceptors (Lipinski definition) is 4. The van der Waals surface area contributed by atoms with Crippen LogP contribution in [0.4, 0.5) is 4.79 Å². The van der Waals surface area contributed by atoms with E-state index in [-0.39, 0.29) is 18.4 Å². The van der Waals surface area contributed by atoms with Crippen LogP contribution in [0, 0.1) is 18.3 Å². The number of rotatable bonds is 8. The third kappa shape index (κ3) is 8.37. The number of ether oxygens (including phenoxy) is 1. The predicted octanol–water partition coefficient (Wildman–Crippen LogP) is 5.20. The lowest BCUT2D eigenvalue weighted by Crippen LogP contribution is -2.59. The lowest BCUT2D eigenvalue weighted by molar-refractivity contribution is -0.149.